The van der Waals surface area contributed by atoms with Crippen molar-refractivity contribution >= 4 is 25.3 Å². The summed E-state index contributed by atoms with van der Waals surface area (Å²) in [5.74, 6) is 2.17. The summed E-state index contributed by atoms with van der Waals surface area (Å²) in [6.45, 7) is 9.02. The number of thioether (sulfide) groups is 1. The minimum Gasteiger partial charge on any atom is -0.304 e. The van der Waals surface area contributed by atoms with Gasteiger partial charge in [0.05, 0.1) is 5.69 Å². The predicted octanol–water partition coefficient (Wildman–Crippen LogP) is 2.84. The Morgan fingerprint density at radius 1 is 1.32 bits per heavy atom. The summed E-state index contributed by atoms with van der Waals surface area (Å²) in [6.07, 6.45) is 3.40. The maximum atomic E-state index is 9.54. The van der Waals surface area contributed by atoms with E-state index in [1.54, 1.807) is 24.2 Å². The van der Waals surface area contributed by atoms with Crippen LogP contribution in [0.3, 0.4) is 0 Å². The normalized spacial score (nSPS) is 16.5. The van der Waals surface area contributed by atoms with E-state index in [1.165, 1.54) is 0 Å². The van der Waals surface area contributed by atoms with Gasteiger partial charge in [-0.3, -0.25) is 5.41 Å². The van der Waals surface area contributed by atoms with Gasteiger partial charge in [0.1, 0.15) is 22.9 Å². The molecule has 0 aliphatic carbocycles. The zero-order chi connectivity index (χ0) is 17.5. The van der Waals surface area contributed by atoms with Gasteiger partial charge in [-0.05, 0) is 5.92 Å². The number of nitriles is 1. The van der Waals surface area contributed by atoms with Gasteiger partial charge in [0.2, 0.25) is 0 Å². The summed E-state index contributed by atoms with van der Waals surface area (Å²) in [4.78, 5) is 13.5. The summed E-state index contributed by atoms with van der Waals surface area (Å²) in [5.41, 5.74) is 1.53. The third kappa shape index (κ3) is 3.72. The monoisotopic (exact) mass is 374 g/mol. The van der Waals surface area contributed by atoms with E-state index in [-0.39, 0.29) is 30.0 Å². The largest absolute Gasteiger partial charge is 0.304 e. The van der Waals surface area contributed by atoms with E-state index >= 15 is 0 Å². The first kappa shape index (κ1) is 19.5. The molecule has 0 unspecified atom stereocenters. The molecule has 3 rings (SSSR count). The number of fused-ring (bicyclic) bond motifs is 1. The number of rotatable bonds is 1. The van der Waals surface area contributed by atoms with Crippen LogP contribution in [0.2, 0.25) is 0 Å². The van der Waals surface area contributed by atoms with Crippen LogP contribution in [-0.4, -0.2) is 25.3 Å². The first-order valence-corrected chi connectivity index (χ1v) is 8.85. The Bertz CT molecular complexity index is 874. The summed E-state index contributed by atoms with van der Waals surface area (Å²) < 4.78 is 1.82. The van der Waals surface area contributed by atoms with Crippen LogP contribution in [0.25, 0.3) is 11.3 Å². The third-order valence-electron chi connectivity index (χ3n) is 3.88. The zero-order valence-corrected chi connectivity index (χ0v) is 16.6. The molecule has 1 aliphatic rings. The van der Waals surface area contributed by atoms with E-state index in [0.29, 0.717) is 17.2 Å². The molecule has 25 heavy (non-hydrogen) atoms. The molecule has 0 saturated heterocycles. The molecule has 0 radical (unpaired) electrons. The first-order chi connectivity index (χ1) is 11.3. The molecular weight excluding hydrogens is 352 g/mol. The Balaban J connectivity index is 0.00000225. The highest BCUT2D eigenvalue weighted by molar-refractivity contribution is 7.99. The molecule has 2 aromatic rings. The molecule has 6 nitrogen and oxygen atoms in total. The van der Waals surface area contributed by atoms with Crippen molar-refractivity contribution in [3.8, 4) is 17.3 Å². The van der Waals surface area contributed by atoms with Gasteiger partial charge >= 0.3 is 0 Å². The lowest BCUT2D eigenvalue weighted by molar-refractivity contribution is 0.452. The van der Waals surface area contributed by atoms with E-state index in [0.717, 1.165) is 23.3 Å². The second-order valence-electron chi connectivity index (χ2n) is 7.15. The molecule has 8 heteroatoms. The molecule has 0 aromatic carbocycles. The summed E-state index contributed by atoms with van der Waals surface area (Å²) in [6, 6.07) is 2.14. The molecule has 0 spiro atoms. The molecule has 0 fully saturated rings. The van der Waals surface area contributed by atoms with Crippen LogP contribution in [-0.2, 0) is 12.0 Å². The fourth-order valence-corrected chi connectivity index (χ4v) is 3.58. The van der Waals surface area contributed by atoms with E-state index in [2.05, 4.69) is 48.7 Å². The highest BCUT2D eigenvalue weighted by Crippen LogP contribution is 2.28. The fraction of sp³-hybridized carbons (Fsp3) is 0.471. The standard InChI is InChI=1S/C17H20N6S.H2S/c1-10-8-23-14(19)12(5-18)13(22-16(23)24-9-10)11-6-20-15(21-7-11)17(2,3)4;/h6-7,10,19H,8-9H2,1-4H3;1H2/t10-;/m0./s1. The molecule has 0 amide bonds. The van der Waals surface area contributed by atoms with Crippen molar-refractivity contribution in [2.75, 3.05) is 5.75 Å². The van der Waals surface area contributed by atoms with Crippen LogP contribution >= 0.6 is 25.3 Å². The van der Waals surface area contributed by atoms with Crippen LogP contribution in [0.15, 0.2) is 17.6 Å². The SMILES string of the molecule is C[C@@H]1CSc2nc(-c3cnc(C(C)(C)C)nc3)c(C#N)c(=N)n2C1.S. The van der Waals surface area contributed by atoms with Gasteiger partial charge in [0, 0.05) is 35.7 Å². The lowest BCUT2D eigenvalue weighted by Gasteiger charge is -2.24. The lowest BCUT2D eigenvalue weighted by atomic mass is 9.95. The minimum absolute atomic E-state index is 0. The average molecular weight is 375 g/mol. The molecule has 1 N–H and O–H groups in total. The number of hydrogen-bond donors (Lipinski definition) is 1. The predicted molar refractivity (Wildman–Crippen MR) is 103 cm³/mol. The molecule has 1 atom stereocenters. The van der Waals surface area contributed by atoms with Crippen molar-refractivity contribution < 1.29 is 0 Å². The maximum Gasteiger partial charge on any atom is 0.170 e. The van der Waals surface area contributed by atoms with Crippen molar-refractivity contribution in [2.45, 2.75) is 44.8 Å². The van der Waals surface area contributed by atoms with E-state index in [9.17, 15) is 5.26 Å². The number of nitrogens with zero attached hydrogens (tertiary/aromatic N) is 5. The molecule has 2 aromatic heterocycles. The summed E-state index contributed by atoms with van der Waals surface area (Å²) in [7, 11) is 0. The van der Waals surface area contributed by atoms with E-state index in [4.69, 9.17) is 5.41 Å². The Morgan fingerprint density at radius 2 is 1.96 bits per heavy atom. The smallest absolute Gasteiger partial charge is 0.170 e. The summed E-state index contributed by atoms with van der Waals surface area (Å²) >= 11 is 1.63. The topological polar surface area (TPSA) is 91.2 Å². The van der Waals surface area contributed by atoms with Gasteiger partial charge in [-0.15, -0.1) is 0 Å². The average Bonchev–Trinajstić information content (AvgIpc) is 2.54. The zero-order valence-electron chi connectivity index (χ0n) is 14.8. The van der Waals surface area contributed by atoms with Crippen molar-refractivity contribution in [3.05, 3.63) is 29.3 Å². The third-order valence-corrected chi connectivity index (χ3v) is 5.19. The second-order valence-corrected chi connectivity index (χ2v) is 8.14. The second kappa shape index (κ2) is 7.18. The molecule has 1 aliphatic heterocycles. The highest BCUT2D eigenvalue weighted by atomic mass is 32.2. The van der Waals surface area contributed by atoms with Crippen molar-refractivity contribution in [1.82, 2.24) is 19.5 Å². The summed E-state index contributed by atoms with van der Waals surface area (Å²) in [5, 5.41) is 18.7. The maximum absolute atomic E-state index is 9.54. The van der Waals surface area contributed by atoms with Gasteiger partial charge < -0.3 is 4.57 Å². The van der Waals surface area contributed by atoms with E-state index in [1.807, 2.05) is 4.57 Å². The first-order valence-electron chi connectivity index (χ1n) is 7.86. The van der Waals surface area contributed by atoms with Crippen LogP contribution < -0.4 is 5.49 Å². The molecular formula is C17H22N6S2. The van der Waals surface area contributed by atoms with Gasteiger partial charge in [-0.2, -0.15) is 18.8 Å². The number of nitrogens with one attached hydrogen (secondary N) is 1. The Hall–Kier alpha value is -1.85. The van der Waals surface area contributed by atoms with Gasteiger partial charge in [-0.25, -0.2) is 15.0 Å². The van der Waals surface area contributed by atoms with Gasteiger partial charge in [0.15, 0.2) is 5.16 Å². The van der Waals surface area contributed by atoms with Gasteiger partial charge in [0.25, 0.3) is 0 Å². The fourth-order valence-electron chi connectivity index (χ4n) is 2.57. The minimum atomic E-state index is -0.137. The van der Waals surface area contributed by atoms with Crippen LogP contribution in [0.5, 0.6) is 0 Å². The van der Waals surface area contributed by atoms with Crippen molar-refractivity contribution in [1.29, 1.82) is 10.7 Å². The molecule has 3 heterocycles. The Kier molecular flexibility index (Phi) is 5.59. The molecule has 0 bridgehead atoms. The van der Waals surface area contributed by atoms with E-state index < -0.39 is 0 Å². The number of hydrogen-bond acceptors (Lipinski definition) is 6. The number of aromatic nitrogens is 4. The lowest BCUT2D eigenvalue weighted by Crippen LogP contribution is -2.32. The highest BCUT2D eigenvalue weighted by Gasteiger charge is 2.23. The Labute approximate surface area is 158 Å². The molecule has 0 saturated carbocycles. The van der Waals surface area contributed by atoms with Crippen LogP contribution in [0.4, 0.5) is 0 Å². The van der Waals surface area contributed by atoms with Crippen LogP contribution in [0, 0.1) is 22.7 Å². The molecule has 132 valence electrons. The van der Waals surface area contributed by atoms with Crippen molar-refractivity contribution in [3.63, 3.8) is 0 Å². The quantitative estimate of drug-likeness (QED) is 0.775. The van der Waals surface area contributed by atoms with Crippen LogP contribution in [0.1, 0.15) is 39.1 Å². The van der Waals surface area contributed by atoms with Gasteiger partial charge in [-0.1, -0.05) is 39.5 Å². The Morgan fingerprint density at radius 3 is 2.52 bits per heavy atom. The van der Waals surface area contributed by atoms with Crippen molar-refractivity contribution in [2.24, 2.45) is 5.92 Å².